The Hall–Kier alpha value is -1.82. The molecule has 5 rings (SSSR count). The van der Waals surface area contributed by atoms with Gasteiger partial charge in [0.15, 0.2) is 0 Å². The van der Waals surface area contributed by atoms with E-state index in [0.717, 1.165) is 0 Å². The van der Waals surface area contributed by atoms with Gasteiger partial charge in [-0.25, -0.2) is 6.07 Å². The van der Waals surface area contributed by atoms with E-state index >= 15 is 0 Å². The Balaban J connectivity index is 0.000000338. The fourth-order valence-corrected chi connectivity index (χ4v) is 3.72. The minimum atomic E-state index is -0.861. The summed E-state index contributed by atoms with van der Waals surface area (Å²) in [5.41, 5.74) is 3.97. The topological polar surface area (TPSA) is 0 Å². The van der Waals surface area contributed by atoms with Crippen molar-refractivity contribution in [3.63, 3.8) is 0 Å². The molecule has 0 amide bonds. The molecule has 0 fully saturated rings. The van der Waals surface area contributed by atoms with Crippen molar-refractivity contribution in [2.24, 2.45) is 0 Å². The summed E-state index contributed by atoms with van der Waals surface area (Å²) >= 11 is 0. The molecule has 2 heteroatoms. The molecule has 0 saturated carbocycles. The van der Waals surface area contributed by atoms with Crippen molar-refractivity contribution >= 4 is 40.4 Å². The van der Waals surface area contributed by atoms with Gasteiger partial charge in [-0.15, -0.1) is 8.07 Å². The third-order valence-electron chi connectivity index (χ3n) is 4.75. The van der Waals surface area contributed by atoms with Gasteiger partial charge in [0.25, 0.3) is 0 Å². The molecule has 0 radical (unpaired) electrons. The van der Waals surface area contributed by atoms with Crippen molar-refractivity contribution in [1.29, 1.82) is 0 Å². The van der Waals surface area contributed by atoms with Crippen LogP contribution in [0.4, 0.5) is 0 Å². The third kappa shape index (κ3) is 4.11. The van der Waals surface area contributed by atoms with Crippen LogP contribution in [-0.4, -0.2) is 8.07 Å². The Morgan fingerprint density at radius 3 is 1.86 bits per heavy atom. The van der Waals surface area contributed by atoms with Gasteiger partial charge in [0, 0.05) is 0 Å². The molecule has 0 aliphatic carbocycles. The predicted octanol–water partition coefficient (Wildman–Crippen LogP) is 7.97. The van der Waals surface area contributed by atoms with Crippen LogP contribution < -0.4 is 0 Å². The Morgan fingerprint density at radius 1 is 0.750 bits per heavy atom. The zero-order chi connectivity index (χ0) is 19.2. The molecule has 0 bridgehead atoms. The zero-order valence-corrected chi connectivity index (χ0v) is 20.2. The summed E-state index contributed by atoms with van der Waals surface area (Å²) in [5, 5.41) is 8.12. The summed E-state index contributed by atoms with van der Waals surface area (Å²) in [6.45, 7) is 12.7. The summed E-state index contributed by atoms with van der Waals surface area (Å²) in [4.78, 5) is 0. The zero-order valence-electron chi connectivity index (χ0n) is 17.0. The van der Waals surface area contributed by atoms with Gasteiger partial charge in [-0.05, 0) is 32.3 Å². The van der Waals surface area contributed by atoms with E-state index in [4.69, 9.17) is 0 Å². The second-order valence-corrected chi connectivity index (χ2v) is 13.8. The van der Waals surface area contributed by atoms with Crippen molar-refractivity contribution in [3.05, 3.63) is 84.9 Å². The van der Waals surface area contributed by atoms with E-state index in [9.17, 15) is 0 Å². The summed E-state index contributed by atoms with van der Waals surface area (Å²) in [6, 6.07) is 26.8. The predicted molar refractivity (Wildman–Crippen MR) is 125 cm³/mol. The quantitative estimate of drug-likeness (QED) is 0.111. The maximum Gasteiger partial charge on any atom is 2.00 e. The molecular weight excluding hydrogens is 535 g/mol. The van der Waals surface area contributed by atoms with E-state index in [-0.39, 0.29) is 21.1 Å². The number of aryl methyl sites for hydroxylation is 1. The third-order valence-corrected chi connectivity index (χ3v) is 4.75. The second-order valence-electron chi connectivity index (χ2n) is 8.71. The van der Waals surface area contributed by atoms with Crippen LogP contribution in [0.3, 0.4) is 0 Å². The van der Waals surface area contributed by atoms with Gasteiger partial charge in [-0.3, -0.25) is 0 Å². The number of benzene rings is 4. The first-order chi connectivity index (χ1) is 12.8. The number of rotatable bonds is 1. The average molecular weight is 562 g/mol. The first-order valence-corrected chi connectivity index (χ1v) is 13.3. The van der Waals surface area contributed by atoms with E-state index in [2.05, 4.69) is 106 Å². The molecule has 144 valence electrons. The molecule has 5 aromatic carbocycles. The van der Waals surface area contributed by atoms with E-state index in [1.54, 1.807) is 0 Å². The Morgan fingerprint density at radius 2 is 1.29 bits per heavy atom. The molecule has 5 aromatic rings. The van der Waals surface area contributed by atoms with Crippen LogP contribution in [0.25, 0.3) is 43.4 Å². The van der Waals surface area contributed by atoms with E-state index in [0.29, 0.717) is 0 Å². The van der Waals surface area contributed by atoms with Crippen molar-refractivity contribution in [1.82, 2.24) is 0 Å². The molecule has 0 saturated heterocycles. The molecule has 0 N–H and O–H groups in total. The van der Waals surface area contributed by atoms with Crippen molar-refractivity contribution in [2.75, 3.05) is 0 Å². The minimum absolute atomic E-state index is 0. The van der Waals surface area contributed by atoms with Crippen LogP contribution >= 0.6 is 0 Å². The second kappa shape index (κ2) is 7.89. The van der Waals surface area contributed by atoms with Crippen LogP contribution in [0.5, 0.6) is 0 Å². The summed E-state index contributed by atoms with van der Waals surface area (Å²) in [7, 11) is -0.861. The van der Waals surface area contributed by atoms with E-state index < -0.39 is 8.07 Å². The number of hydrogen-bond donors (Lipinski definition) is 0. The smallest absolute Gasteiger partial charge is 0.342 e. The van der Waals surface area contributed by atoms with Crippen LogP contribution in [0.15, 0.2) is 72.8 Å². The van der Waals surface area contributed by atoms with Gasteiger partial charge in [0.1, 0.15) is 0 Å². The largest absolute Gasteiger partial charge is 2.00 e. The van der Waals surface area contributed by atoms with Crippen molar-refractivity contribution < 1.29 is 21.1 Å². The summed E-state index contributed by atoms with van der Waals surface area (Å²) in [5.74, 6) is 0. The van der Waals surface area contributed by atoms with Gasteiger partial charge < -0.3 is 6.55 Å². The molecule has 0 aliphatic rings. The average Bonchev–Trinajstić information content (AvgIpc) is 3.04. The van der Waals surface area contributed by atoms with Gasteiger partial charge >= 0.3 is 21.1 Å². The van der Waals surface area contributed by atoms with Crippen molar-refractivity contribution in [2.45, 2.75) is 26.6 Å². The van der Waals surface area contributed by atoms with Crippen LogP contribution in [-0.2, 0) is 21.1 Å². The standard InChI is InChI=1S/C22H15.C4H11Si.Pt/c1-14-5-6-18(13-14)19-11-9-17-8-7-15-3-2-4-16-10-12-20(19)22(17)21(15)16;1-5(2,3)4;/h2-13H,1H3;1H2,2-4H3;/q2*-1;+2. The fraction of sp³-hybridized carbons (Fsp3) is 0.154. The van der Waals surface area contributed by atoms with Gasteiger partial charge in [0.05, 0.1) is 0 Å². The molecule has 0 atom stereocenters. The van der Waals surface area contributed by atoms with E-state index in [1.165, 1.54) is 49.0 Å². The van der Waals surface area contributed by atoms with Gasteiger partial charge in [-0.2, -0.15) is 23.3 Å². The number of hydrogen-bond acceptors (Lipinski definition) is 0. The SMILES string of the molecule is C[c-]1ccc(-c2ccc3ccc4cccc5ccc2c3c45)c1.[CH2-][Si](C)(C)C.[Pt+2]. The molecule has 0 unspecified atom stereocenters. The molecule has 0 spiro atoms. The van der Waals surface area contributed by atoms with Crippen molar-refractivity contribution in [3.8, 4) is 11.1 Å². The minimum Gasteiger partial charge on any atom is -0.342 e. The normalized spacial score (nSPS) is 11.5. The molecule has 0 heterocycles. The summed E-state index contributed by atoms with van der Waals surface area (Å²) in [6.07, 6.45) is 0. The maximum absolute atomic E-state index is 3.91. The molecule has 28 heavy (non-hydrogen) atoms. The van der Waals surface area contributed by atoms with E-state index in [1.807, 2.05) is 0 Å². The Labute approximate surface area is 183 Å². The van der Waals surface area contributed by atoms with Crippen LogP contribution in [0, 0.1) is 13.5 Å². The Kier molecular flexibility index (Phi) is 5.89. The maximum atomic E-state index is 3.91. The molecule has 0 aromatic heterocycles. The molecule has 0 aliphatic heterocycles. The summed E-state index contributed by atoms with van der Waals surface area (Å²) < 4.78 is 0. The Bertz CT molecular complexity index is 1200. The van der Waals surface area contributed by atoms with Gasteiger partial charge in [-0.1, -0.05) is 86.7 Å². The van der Waals surface area contributed by atoms with Gasteiger partial charge in [0.2, 0.25) is 0 Å². The van der Waals surface area contributed by atoms with Crippen LogP contribution in [0.1, 0.15) is 5.56 Å². The molecule has 0 nitrogen and oxygen atoms in total. The first-order valence-electron chi connectivity index (χ1n) is 9.57. The first kappa shape index (κ1) is 20.9. The van der Waals surface area contributed by atoms with Crippen LogP contribution in [0.2, 0.25) is 19.6 Å². The fourth-order valence-electron chi connectivity index (χ4n) is 3.72. The molecular formula is C26H26PtSi. The monoisotopic (exact) mass is 561 g/mol.